The second-order valence-corrected chi connectivity index (χ2v) is 10.4. The molecule has 0 radical (unpaired) electrons. The number of benzene rings is 2. The van der Waals surface area contributed by atoms with E-state index < -0.39 is 45.4 Å². The molecular formula is C28H26F3N3O4. The Hall–Kier alpha value is -4.08. The van der Waals surface area contributed by atoms with Crippen LogP contribution in [0.2, 0.25) is 0 Å². The van der Waals surface area contributed by atoms with E-state index >= 15 is 13.2 Å². The predicted molar refractivity (Wildman–Crippen MR) is 134 cm³/mol. The highest BCUT2D eigenvalue weighted by Gasteiger charge is 2.73. The first kappa shape index (κ1) is 25.6. The molecule has 1 aliphatic carbocycles. The molecule has 0 fully saturated rings. The Morgan fingerprint density at radius 3 is 2.21 bits per heavy atom. The highest BCUT2D eigenvalue weighted by Crippen LogP contribution is 2.58. The Kier molecular flexibility index (Phi) is 5.70. The lowest BCUT2D eigenvalue weighted by molar-refractivity contribution is -0.184. The van der Waals surface area contributed by atoms with Crippen molar-refractivity contribution in [3.63, 3.8) is 0 Å². The van der Waals surface area contributed by atoms with Crippen LogP contribution in [0, 0.1) is 12.3 Å². The van der Waals surface area contributed by atoms with Gasteiger partial charge in [-0.05, 0) is 43.0 Å². The van der Waals surface area contributed by atoms with Crippen molar-refractivity contribution < 1.29 is 27.5 Å². The molecule has 2 heterocycles. The first-order chi connectivity index (χ1) is 17.8. The molecule has 7 nitrogen and oxygen atoms in total. The monoisotopic (exact) mass is 525 g/mol. The van der Waals surface area contributed by atoms with E-state index in [1.165, 1.54) is 32.2 Å². The number of methoxy groups -OCH3 is 1. The summed E-state index contributed by atoms with van der Waals surface area (Å²) in [7, 11) is 1.37. The summed E-state index contributed by atoms with van der Waals surface area (Å²) < 4.78 is 52.6. The number of allylic oxidation sites excluding steroid dienone is 1. The van der Waals surface area contributed by atoms with Crippen LogP contribution in [0.15, 0.2) is 70.7 Å². The average Bonchev–Trinajstić information content (AvgIpc) is 3.28. The summed E-state index contributed by atoms with van der Waals surface area (Å²) in [6, 6.07) is 14.2. The van der Waals surface area contributed by atoms with Crippen molar-refractivity contribution in [3.05, 3.63) is 87.5 Å². The number of aromatic nitrogens is 2. The molecule has 1 atom stereocenters. The summed E-state index contributed by atoms with van der Waals surface area (Å²) >= 11 is 0. The number of carbonyl (C=O) groups is 2. The van der Waals surface area contributed by atoms with Crippen LogP contribution in [0.1, 0.15) is 37.9 Å². The van der Waals surface area contributed by atoms with Gasteiger partial charge in [0.1, 0.15) is 11.4 Å². The van der Waals surface area contributed by atoms with Crippen LogP contribution in [0.4, 0.5) is 18.9 Å². The van der Waals surface area contributed by atoms with Crippen LogP contribution >= 0.6 is 0 Å². The van der Waals surface area contributed by atoms with Crippen molar-refractivity contribution in [2.75, 3.05) is 12.0 Å². The van der Waals surface area contributed by atoms with Gasteiger partial charge in [-0.25, -0.2) is 4.68 Å². The Morgan fingerprint density at radius 2 is 1.58 bits per heavy atom. The topological polar surface area (TPSA) is 84.4 Å². The molecule has 0 spiro atoms. The van der Waals surface area contributed by atoms with E-state index in [1.54, 1.807) is 50.2 Å². The molecule has 0 bridgehead atoms. The molecule has 1 N–H and O–H groups in total. The lowest BCUT2D eigenvalue weighted by atomic mass is 9.66. The summed E-state index contributed by atoms with van der Waals surface area (Å²) in [4.78, 5) is 42.6. The van der Waals surface area contributed by atoms with E-state index in [-0.39, 0.29) is 41.4 Å². The molecule has 3 aromatic rings. The summed E-state index contributed by atoms with van der Waals surface area (Å²) in [6.07, 6.45) is -5.43. The smallest absolute Gasteiger partial charge is 0.411 e. The third-order valence-corrected chi connectivity index (χ3v) is 7.23. The standard InChI is InChI=1S/C28H26F3N3O4/c1-16-22(24(36)34(32-16)18-12-8-9-13-21(18)38-4)27(28(29,30)31)23-19(14-26(2,3)15-20(23)35)33(25(27)37)17-10-6-5-7-11-17/h5-13,32H,14-15H2,1-4H3. The largest absolute Gasteiger partial charge is 0.494 e. The molecule has 2 aliphatic rings. The third kappa shape index (κ3) is 3.46. The van der Waals surface area contributed by atoms with Gasteiger partial charge in [-0.3, -0.25) is 24.4 Å². The van der Waals surface area contributed by atoms with E-state index in [2.05, 4.69) is 5.10 Å². The van der Waals surface area contributed by atoms with Crippen LogP contribution in [0.5, 0.6) is 5.75 Å². The highest BCUT2D eigenvalue weighted by molar-refractivity contribution is 6.20. The molecule has 5 rings (SSSR count). The summed E-state index contributed by atoms with van der Waals surface area (Å²) in [6.45, 7) is 4.84. The number of halogens is 3. The van der Waals surface area contributed by atoms with Crippen molar-refractivity contribution in [3.8, 4) is 11.4 Å². The number of Topliss-reactive ketones (excluding diaryl/α,β-unsaturated/α-hetero) is 1. The van der Waals surface area contributed by atoms with Gasteiger partial charge in [0.25, 0.3) is 11.5 Å². The molecule has 1 unspecified atom stereocenters. The van der Waals surface area contributed by atoms with Crippen LogP contribution in [0.3, 0.4) is 0 Å². The fourth-order valence-electron chi connectivity index (χ4n) is 5.76. The van der Waals surface area contributed by atoms with Gasteiger partial charge < -0.3 is 4.74 Å². The molecule has 198 valence electrons. The van der Waals surface area contributed by atoms with Gasteiger partial charge in [0.15, 0.2) is 5.78 Å². The van der Waals surface area contributed by atoms with Gasteiger partial charge >= 0.3 is 6.18 Å². The maximum absolute atomic E-state index is 15.5. The van der Waals surface area contributed by atoms with Gasteiger partial charge in [-0.2, -0.15) is 13.2 Å². The SMILES string of the molecule is COc1ccccc1-n1[nH]c(C)c(C2(C(F)(F)F)C(=O)N(c3ccccc3)C3=C2C(=O)CC(C)(C)C3)c1=O. The first-order valence-corrected chi connectivity index (χ1v) is 12.0. The first-order valence-electron chi connectivity index (χ1n) is 12.0. The number of para-hydroxylation sites is 3. The fourth-order valence-corrected chi connectivity index (χ4v) is 5.76. The minimum atomic E-state index is -5.30. The highest BCUT2D eigenvalue weighted by atomic mass is 19.4. The quantitative estimate of drug-likeness (QED) is 0.521. The van der Waals surface area contributed by atoms with E-state index in [9.17, 15) is 14.4 Å². The third-order valence-electron chi connectivity index (χ3n) is 7.23. The summed E-state index contributed by atoms with van der Waals surface area (Å²) in [5, 5.41) is 2.70. The Labute approximate surface area is 216 Å². The van der Waals surface area contributed by atoms with Crippen LogP contribution in [0.25, 0.3) is 5.69 Å². The molecular weight excluding hydrogens is 499 g/mol. The van der Waals surface area contributed by atoms with Gasteiger partial charge in [-0.15, -0.1) is 0 Å². The number of amides is 1. The number of ketones is 1. The van der Waals surface area contributed by atoms with Gasteiger partial charge in [0.2, 0.25) is 5.41 Å². The van der Waals surface area contributed by atoms with Crippen LogP contribution in [-0.2, 0) is 15.0 Å². The van der Waals surface area contributed by atoms with Crippen molar-refractivity contribution in [2.45, 2.75) is 45.2 Å². The maximum atomic E-state index is 15.5. The van der Waals surface area contributed by atoms with Crippen molar-refractivity contribution in [1.29, 1.82) is 0 Å². The zero-order chi connectivity index (χ0) is 27.6. The minimum absolute atomic E-state index is 0.0244. The van der Waals surface area contributed by atoms with Crippen LogP contribution < -0.4 is 15.2 Å². The number of H-pyrrole nitrogens is 1. The number of ether oxygens (including phenoxy) is 1. The van der Waals surface area contributed by atoms with Crippen molar-refractivity contribution in [1.82, 2.24) is 9.78 Å². The Bertz CT molecular complexity index is 1550. The van der Waals surface area contributed by atoms with Crippen LogP contribution in [-0.4, -0.2) is 34.8 Å². The molecule has 1 aromatic heterocycles. The average molecular weight is 526 g/mol. The van der Waals surface area contributed by atoms with E-state index in [0.717, 1.165) is 9.58 Å². The Morgan fingerprint density at radius 1 is 0.947 bits per heavy atom. The van der Waals surface area contributed by atoms with Crippen molar-refractivity contribution in [2.24, 2.45) is 5.41 Å². The van der Waals surface area contributed by atoms with Gasteiger partial charge in [0.05, 0.1) is 12.7 Å². The fraction of sp³-hybridized carbons (Fsp3) is 0.321. The lowest BCUT2D eigenvalue weighted by Gasteiger charge is -2.35. The minimum Gasteiger partial charge on any atom is -0.494 e. The van der Waals surface area contributed by atoms with Crippen molar-refractivity contribution >= 4 is 17.4 Å². The Balaban J connectivity index is 1.88. The molecule has 1 amide bonds. The lowest BCUT2D eigenvalue weighted by Crippen LogP contribution is -2.55. The van der Waals surface area contributed by atoms with E-state index in [4.69, 9.17) is 4.74 Å². The number of aryl methyl sites for hydroxylation is 1. The second-order valence-electron chi connectivity index (χ2n) is 10.4. The number of hydrogen-bond donors (Lipinski definition) is 1. The molecule has 2 aromatic carbocycles. The van der Waals surface area contributed by atoms with E-state index in [0.29, 0.717) is 0 Å². The molecule has 1 aliphatic heterocycles. The molecule has 0 saturated carbocycles. The number of hydrogen-bond acceptors (Lipinski definition) is 4. The number of aromatic amines is 1. The molecule has 10 heteroatoms. The number of nitrogens with zero attached hydrogens (tertiary/aromatic N) is 2. The maximum Gasteiger partial charge on any atom is 0.411 e. The zero-order valence-electron chi connectivity index (χ0n) is 21.3. The number of alkyl halides is 3. The van der Waals surface area contributed by atoms with Gasteiger partial charge in [0, 0.05) is 29.1 Å². The number of rotatable bonds is 4. The summed E-state index contributed by atoms with van der Waals surface area (Å²) in [5.41, 5.74) is -6.58. The normalized spacial score (nSPS) is 21.2. The molecule has 38 heavy (non-hydrogen) atoms. The number of anilines is 1. The second kappa shape index (κ2) is 8.47. The number of carbonyl (C=O) groups excluding carboxylic acids is 2. The number of nitrogens with one attached hydrogen (secondary N) is 1. The predicted octanol–water partition coefficient (Wildman–Crippen LogP) is 4.97. The van der Waals surface area contributed by atoms with E-state index in [1.807, 2.05) is 0 Å². The zero-order valence-corrected chi connectivity index (χ0v) is 21.3. The summed E-state index contributed by atoms with van der Waals surface area (Å²) in [5.74, 6) is -1.95. The van der Waals surface area contributed by atoms with Gasteiger partial charge in [-0.1, -0.05) is 44.2 Å². The molecule has 0 saturated heterocycles.